The number of rotatable bonds is 3. The predicted octanol–water partition coefficient (Wildman–Crippen LogP) is 3.37. The van der Waals surface area contributed by atoms with E-state index in [0.717, 1.165) is 19.3 Å². The van der Waals surface area contributed by atoms with E-state index in [1.54, 1.807) is 13.0 Å². The fraction of sp³-hybridized carbons (Fsp3) is 0.474. The number of aromatic nitrogens is 1. The lowest BCUT2D eigenvalue weighted by Gasteiger charge is -2.39. The van der Waals surface area contributed by atoms with Crippen molar-refractivity contribution in [2.75, 3.05) is 13.2 Å². The van der Waals surface area contributed by atoms with Gasteiger partial charge in [0.15, 0.2) is 0 Å². The summed E-state index contributed by atoms with van der Waals surface area (Å²) in [6.45, 7) is 3.00. The number of hydrogen-bond donors (Lipinski definition) is 1. The molecule has 0 radical (unpaired) electrons. The zero-order chi connectivity index (χ0) is 18.1. The number of aryl methyl sites for hydroxylation is 1. The Morgan fingerprint density at radius 1 is 1.19 bits per heavy atom. The highest BCUT2D eigenvalue weighted by Gasteiger charge is 2.35. The second-order valence-corrected chi connectivity index (χ2v) is 7.15. The number of amides is 1. The van der Waals surface area contributed by atoms with Crippen LogP contribution in [0.15, 0.2) is 28.8 Å². The van der Waals surface area contributed by atoms with Crippen molar-refractivity contribution in [3.63, 3.8) is 0 Å². The van der Waals surface area contributed by atoms with Gasteiger partial charge < -0.3 is 19.3 Å². The normalized spacial score (nSPS) is 25.5. The number of hydrogen-bond acceptors (Lipinski definition) is 5. The summed E-state index contributed by atoms with van der Waals surface area (Å²) in [6.07, 6.45) is 2.70. The van der Waals surface area contributed by atoms with Crippen LogP contribution in [0.25, 0.3) is 11.3 Å². The van der Waals surface area contributed by atoms with E-state index in [1.807, 2.05) is 18.2 Å². The minimum absolute atomic E-state index is 0.0406. The van der Waals surface area contributed by atoms with Crippen molar-refractivity contribution >= 4 is 17.5 Å². The van der Waals surface area contributed by atoms with Crippen LogP contribution < -0.4 is 5.32 Å². The Morgan fingerprint density at radius 3 is 2.77 bits per heavy atom. The number of benzene rings is 1. The molecular formula is C19H21ClN2O4. The molecule has 1 saturated carbocycles. The van der Waals surface area contributed by atoms with Crippen LogP contribution in [-0.2, 0) is 9.47 Å². The molecule has 1 amide bonds. The van der Waals surface area contributed by atoms with Gasteiger partial charge in [-0.1, -0.05) is 35.0 Å². The molecule has 1 aromatic carbocycles. The fourth-order valence-electron chi connectivity index (χ4n) is 3.73. The first-order valence-electron chi connectivity index (χ1n) is 8.88. The number of carbonyl (C=O) groups is 1. The summed E-state index contributed by atoms with van der Waals surface area (Å²) >= 11 is 6.27. The van der Waals surface area contributed by atoms with Crippen molar-refractivity contribution in [2.24, 2.45) is 0 Å². The molecule has 2 aliphatic rings. The summed E-state index contributed by atoms with van der Waals surface area (Å²) in [6, 6.07) is 7.33. The molecule has 1 saturated heterocycles. The summed E-state index contributed by atoms with van der Waals surface area (Å²) in [5, 5.41) is 7.70. The molecule has 1 N–H and O–H groups in total. The lowest BCUT2D eigenvalue weighted by Crippen LogP contribution is -2.49. The van der Waals surface area contributed by atoms with Gasteiger partial charge in [0.1, 0.15) is 17.0 Å². The Balaban J connectivity index is 1.52. The van der Waals surface area contributed by atoms with E-state index in [4.69, 9.17) is 25.6 Å². The van der Waals surface area contributed by atoms with Crippen LogP contribution in [0.1, 0.15) is 35.4 Å². The molecule has 3 atom stereocenters. The lowest BCUT2D eigenvalue weighted by atomic mass is 9.89. The number of carbonyl (C=O) groups excluding carboxylic acids is 1. The van der Waals surface area contributed by atoms with Crippen LogP contribution in [0.5, 0.6) is 0 Å². The Morgan fingerprint density at radius 2 is 1.96 bits per heavy atom. The van der Waals surface area contributed by atoms with Gasteiger partial charge in [-0.05, 0) is 32.3 Å². The van der Waals surface area contributed by atoms with Crippen LogP contribution in [0.2, 0.25) is 5.02 Å². The molecule has 7 heteroatoms. The third-order valence-electron chi connectivity index (χ3n) is 5.03. The predicted molar refractivity (Wildman–Crippen MR) is 96.3 cm³/mol. The lowest BCUT2D eigenvalue weighted by molar-refractivity contribution is -0.157. The van der Waals surface area contributed by atoms with E-state index in [9.17, 15) is 4.79 Å². The largest absolute Gasteiger partial charge is 0.373 e. The third-order valence-corrected chi connectivity index (χ3v) is 5.36. The van der Waals surface area contributed by atoms with Gasteiger partial charge in [-0.15, -0.1) is 0 Å². The molecule has 6 nitrogen and oxygen atoms in total. The first-order valence-corrected chi connectivity index (χ1v) is 9.26. The molecule has 26 heavy (non-hydrogen) atoms. The van der Waals surface area contributed by atoms with Crippen molar-refractivity contribution in [2.45, 2.75) is 44.4 Å². The van der Waals surface area contributed by atoms with E-state index < -0.39 is 0 Å². The van der Waals surface area contributed by atoms with E-state index >= 15 is 0 Å². The van der Waals surface area contributed by atoms with Crippen LogP contribution in [-0.4, -0.2) is 42.5 Å². The monoisotopic (exact) mass is 376 g/mol. The van der Waals surface area contributed by atoms with Crippen LogP contribution in [0.3, 0.4) is 0 Å². The van der Waals surface area contributed by atoms with Gasteiger partial charge in [0, 0.05) is 11.6 Å². The standard InChI is InChI=1S/C19H21ClN2O4/c1-11-17(18(22-26-11)13-4-2-3-5-14(13)20)19(23)21-12-6-7-15-16(10-12)25-9-8-24-15/h2-5,12,15-16H,6-10H2,1H3,(H,21,23). The Labute approximate surface area is 156 Å². The van der Waals surface area contributed by atoms with E-state index in [2.05, 4.69) is 10.5 Å². The van der Waals surface area contributed by atoms with Gasteiger partial charge in [0.05, 0.1) is 30.4 Å². The van der Waals surface area contributed by atoms with Crippen molar-refractivity contribution in [3.8, 4) is 11.3 Å². The van der Waals surface area contributed by atoms with Crippen molar-refractivity contribution in [1.82, 2.24) is 10.5 Å². The molecule has 3 unspecified atom stereocenters. The van der Waals surface area contributed by atoms with E-state index in [1.165, 1.54) is 0 Å². The van der Waals surface area contributed by atoms with E-state index in [0.29, 0.717) is 40.8 Å². The maximum Gasteiger partial charge on any atom is 0.257 e. The van der Waals surface area contributed by atoms with Gasteiger partial charge in [0.2, 0.25) is 0 Å². The minimum Gasteiger partial charge on any atom is -0.373 e. The second-order valence-electron chi connectivity index (χ2n) is 6.74. The number of nitrogens with zero attached hydrogens (tertiary/aromatic N) is 1. The van der Waals surface area contributed by atoms with Crippen molar-refractivity contribution < 1.29 is 18.8 Å². The SMILES string of the molecule is Cc1onc(-c2ccccc2Cl)c1C(=O)NC1CCC2OCCOC2C1. The van der Waals surface area contributed by atoms with E-state index in [-0.39, 0.29) is 24.2 Å². The molecule has 1 aliphatic carbocycles. The molecule has 1 aromatic heterocycles. The zero-order valence-electron chi connectivity index (χ0n) is 14.5. The fourth-order valence-corrected chi connectivity index (χ4v) is 3.96. The third kappa shape index (κ3) is 3.37. The maximum atomic E-state index is 12.9. The minimum atomic E-state index is -0.196. The van der Waals surface area contributed by atoms with Crippen LogP contribution >= 0.6 is 11.6 Å². The van der Waals surface area contributed by atoms with Gasteiger partial charge >= 0.3 is 0 Å². The van der Waals surface area contributed by atoms with Gasteiger partial charge in [-0.25, -0.2) is 0 Å². The highest BCUT2D eigenvalue weighted by molar-refractivity contribution is 6.33. The van der Waals surface area contributed by atoms with Crippen LogP contribution in [0.4, 0.5) is 0 Å². The molecule has 0 bridgehead atoms. The Bertz CT molecular complexity index is 807. The number of halogens is 1. The Kier molecular flexibility index (Phi) is 4.98. The summed E-state index contributed by atoms with van der Waals surface area (Å²) < 4.78 is 16.8. The van der Waals surface area contributed by atoms with Gasteiger partial charge in [-0.3, -0.25) is 4.79 Å². The van der Waals surface area contributed by atoms with Gasteiger partial charge in [-0.2, -0.15) is 0 Å². The summed E-state index contributed by atoms with van der Waals surface area (Å²) in [5.74, 6) is 0.280. The number of ether oxygens (including phenoxy) is 2. The molecule has 2 aromatic rings. The molecule has 0 spiro atoms. The first kappa shape index (κ1) is 17.5. The highest BCUT2D eigenvalue weighted by atomic mass is 35.5. The average molecular weight is 377 g/mol. The molecular weight excluding hydrogens is 356 g/mol. The second kappa shape index (κ2) is 7.39. The molecule has 4 rings (SSSR count). The zero-order valence-corrected chi connectivity index (χ0v) is 15.3. The molecule has 2 heterocycles. The summed E-state index contributed by atoms with van der Waals surface area (Å²) in [4.78, 5) is 12.9. The topological polar surface area (TPSA) is 73.6 Å². The number of nitrogens with one attached hydrogen (secondary N) is 1. The summed E-state index contributed by atoms with van der Waals surface area (Å²) in [5.41, 5.74) is 1.58. The summed E-state index contributed by atoms with van der Waals surface area (Å²) in [7, 11) is 0. The highest BCUT2D eigenvalue weighted by Crippen LogP contribution is 2.32. The first-order chi connectivity index (χ1) is 12.6. The van der Waals surface area contributed by atoms with Gasteiger partial charge in [0.25, 0.3) is 5.91 Å². The molecule has 1 aliphatic heterocycles. The quantitative estimate of drug-likeness (QED) is 0.889. The van der Waals surface area contributed by atoms with Crippen molar-refractivity contribution in [1.29, 1.82) is 0 Å². The van der Waals surface area contributed by atoms with Crippen LogP contribution in [0, 0.1) is 6.92 Å². The molecule has 138 valence electrons. The van der Waals surface area contributed by atoms with Crippen molar-refractivity contribution in [3.05, 3.63) is 40.6 Å². The Hall–Kier alpha value is -1.89. The smallest absolute Gasteiger partial charge is 0.257 e. The average Bonchev–Trinajstić information content (AvgIpc) is 3.03. The maximum absolute atomic E-state index is 12.9. The molecule has 2 fully saturated rings. The number of fused-ring (bicyclic) bond motifs is 1.